The van der Waals surface area contributed by atoms with Gasteiger partial charge in [0.05, 0.1) is 5.92 Å². The summed E-state index contributed by atoms with van der Waals surface area (Å²) in [5.41, 5.74) is 5.75. The zero-order valence-electron chi connectivity index (χ0n) is 13.0. The number of amides is 1. The minimum atomic E-state index is 0.0182. The summed E-state index contributed by atoms with van der Waals surface area (Å²) in [6.45, 7) is 11.1. The summed E-state index contributed by atoms with van der Waals surface area (Å²) in [6.07, 6.45) is 0.843. The fourth-order valence-electron chi connectivity index (χ4n) is 2.30. The Morgan fingerprint density at radius 3 is 2.11 bits per heavy atom. The van der Waals surface area contributed by atoms with Crippen LogP contribution in [0.1, 0.15) is 35.6 Å². The molecule has 0 aliphatic rings. The van der Waals surface area contributed by atoms with Gasteiger partial charge in [0.2, 0.25) is 5.91 Å². The average molecular weight is 262 g/mol. The molecule has 1 aromatic rings. The summed E-state index contributed by atoms with van der Waals surface area (Å²) < 4.78 is 0. The van der Waals surface area contributed by atoms with E-state index in [2.05, 4.69) is 44.4 Å². The number of rotatable bonds is 5. The first-order chi connectivity index (χ1) is 8.92. The van der Waals surface area contributed by atoms with Crippen molar-refractivity contribution in [2.24, 2.45) is 5.92 Å². The van der Waals surface area contributed by atoms with E-state index in [0.717, 1.165) is 23.2 Å². The molecule has 0 aliphatic heterocycles. The van der Waals surface area contributed by atoms with E-state index in [1.165, 1.54) is 11.1 Å². The minimum absolute atomic E-state index is 0.0182. The predicted molar refractivity (Wildman–Crippen MR) is 81.7 cm³/mol. The highest BCUT2D eigenvalue weighted by Gasteiger charge is 2.18. The zero-order chi connectivity index (χ0) is 14.6. The molecular weight excluding hydrogens is 236 g/mol. The van der Waals surface area contributed by atoms with Crippen molar-refractivity contribution < 1.29 is 4.79 Å². The molecule has 0 saturated heterocycles. The molecule has 1 unspecified atom stereocenters. The number of benzene rings is 1. The molecule has 0 saturated carbocycles. The van der Waals surface area contributed by atoms with E-state index in [1.54, 1.807) is 0 Å². The van der Waals surface area contributed by atoms with Gasteiger partial charge in [-0.2, -0.15) is 0 Å². The molecule has 3 nitrogen and oxygen atoms in total. The van der Waals surface area contributed by atoms with Gasteiger partial charge in [0.25, 0.3) is 0 Å². The highest BCUT2D eigenvalue weighted by atomic mass is 16.1. The number of carbonyl (C=O) groups excluding carboxylic acids is 1. The van der Waals surface area contributed by atoms with Crippen LogP contribution < -0.4 is 10.6 Å². The second-order valence-corrected chi connectivity index (χ2v) is 5.29. The van der Waals surface area contributed by atoms with Crippen molar-refractivity contribution in [1.29, 1.82) is 0 Å². The summed E-state index contributed by atoms with van der Waals surface area (Å²) >= 11 is 0. The van der Waals surface area contributed by atoms with E-state index in [1.807, 2.05) is 14.0 Å². The molecule has 0 aliphatic carbocycles. The molecule has 106 valence electrons. The number of nitrogens with one attached hydrogen (secondary N) is 2. The largest absolute Gasteiger partial charge is 0.325 e. The van der Waals surface area contributed by atoms with Crippen molar-refractivity contribution in [3.63, 3.8) is 0 Å². The molecule has 0 spiro atoms. The molecule has 0 aromatic heterocycles. The second-order valence-electron chi connectivity index (χ2n) is 5.29. The summed E-state index contributed by atoms with van der Waals surface area (Å²) in [5, 5.41) is 6.19. The van der Waals surface area contributed by atoms with Gasteiger partial charge < -0.3 is 10.6 Å². The minimum Gasteiger partial charge on any atom is -0.325 e. The Labute approximate surface area is 116 Å². The van der Waals surface area contributed by atoms with Gasteiger partial charge in [-0.3, -0.25) is 4.79 Å². The van der Waals surface area contributed by atoms with Crippen LogP contribution in [0.3, 0.4) is 0 Å². The first-order valence-corrected chi connectivity index (χ1v) is 6.95. The van der Waals surface area contributed by atoms with Crippen molar-refractivity contribution in [3.05, 3.63) is 28.3 Å². The number of hydrogen-bond donors (Lipinski definition) is 2. The Hall–Kier alpha value is -1.35. The maximum Gasteiger partial charge on any atom is 0.228 e. The van der Waals surface area contributed by atoms with Gasteiger partial charge >= 0.3 is 0 Å². The fourth-order valence-corrected chi connectivity index (χ4v) is 2.30. The summed E-state index contributed by atoms with van der Waals surface area (Å²) in [7, 11) is 1.88. The van der Waals surface area contributed by atoms with Crippen molar-refractivity contribution in [2.45, 2.75) is 41.0 Å². The Morgan fingerprint density at radius 1 is 1.16 bits per heavy atom. The lowest BCUT2D eigenvalue weighted by atomic mass is 9.97. The number of carbonyl (C=O) groups is 1. The highest BCUT2D eigenvalue weighted by Crippen LogP contribution is 2.27. The lowest BCUT2D eigenvalue weighted by molar-refractivity contribution is -0.119. The summed E-state index contributed by atoms with van der Waals surface area (Å²) in [5.74, 6) is 0.123. The first kappa shape index (κ1) is 15.7. The van der Waals surface area contributed by atoms with Crippen LogP contribution in [0.15, 0.2) is 6.07 Å². The molecule has 2 N–H and O–H groups in total. The lowest BCUT2D eigenvalue weighted by Crippen LogP contribution is -2.31. The molecule has 0 bridgehead atoms. The molecule has 0 heterocycles. The van der Waals surface area contributed by atoms with Crippen LogP contribution >= 0.6 is 0 Å². The van der Waals surface area contributed by atoms with Crippen LogP contribution in [-0.4, -0.2) is 19.5 Å². The Morgan fingerprint density at radius 2 is 1.68 bits per heavy atom. The molecule has 0 fully saturated rings. The van der Waals surface area contributed by atoms with Crippen LogP contribution in [0.2, 0.25) is 0 Å². The maximum atomic E-state index is 12.3. The molecule has 1 atom stereocenters. The van der Waals surface area contributed by atoms with Crippen molar-refractivity contribution in [3.8, 4) is 0 Å². The number of hydrogen-bond acceptors (Lipinski definition) is 2. The van der Waals surface area contributed by atoms with E-state index in [-0.39, 0.29) is 11.8 Å². The van der Waals surface area contributed by atoms with Gasteiger partial charge in [-0.25, -0.2) is 0 Å². The van der Waals surface area contributed by atoms with Crippen LogP contribution in [-0.2, 0) is 4.79 Å². The van der Waals surface area contributed by atoms with Crippen molar-refractivity contribution >= 4 is 11.6 Å². The van der Waals surface area contributed by atoms with E-state index >= 15 is 0 Å². The molecule has 19 heavy (non-hydrogen) atoms. The van der Waals surface area contributed by atoms with E-state index in [9.17, 15) is 4.79 Å². The first-order valence-electron chi connectivity index (χ1n) is 6.95. The Balaban J connectivity index is 3.02. The Bertz CT molecular complexity index is 440. The molecular formula is C16H26N2O. The van der Waals surface area contributed by atoms with Gasteiger partial charge in [0.15, 0.2) is 0 Å². The van der Waals surface area contributed by atoms with E-state index in [0.29, 0.717) is 6.54 Å². The third-order valence-electron chi connectivity index (χ3n) is 3.93. The predicted octanol–water partition coefficient (Wildman–Crippen LogP) is 3.10. The van der Waals surface area contributed by atoms with Gasteiger partial charge in [-0.05, 0) is 63.4 Å². The fraction of sp³-hybridized carbons (Fsp3) is 0.562. The Kier molecular flexibility index (Phi) is 5.55. The molecule has 1 aromatic carbocycles. The van der Waals surface area contributed by atoms with E-state index < -0.39 is 0 Å². The number of aryl methyl sites for hydroxylation is 2. The molecule has 1 rings (SSSR count). The molecule has 0 radical (unpaired) electrons. The summed E-state index contributed by atoms with van der Waals surface area (Å²) in [4.78, 5) is 12.3. The average Bonchev–Trinajstić information content (AvgIpc) is 2.38. The third-order valence-corrected chi connectivity index (χ3v) is 3.93. The van der Waals surface area contributed by atoms with Crippen LogP contribution in [0.5, 0.6) is 0 Å². The standard InChI is InChI=1S/C16H26N2O/c1-7-14(9-17-6)16(19)18-15-12(4)10(2)8-11(3)13(15)5/h8,14,17H,7,9H2,1-6H3,(H,18,19). The van der Waals surface area contributed by atoms with Crippen molar-refractivity contribution in [1.82, 2.24) is 5.32 Å². The normalized spacial score (nSPS) is 12.3. The maximum absolute atomic E-state index is 12.3. The van der Waals surface area contributed by atoms with Gasteiger partial charge in [-0.15, -0.1) is 0 Å². The van der Waals surface area contributed by atoms with Gasteiger partial charge in [0, 0.05) is 12.2 Å². The van der Waals surface area contributed by atoms with Gasteiger partial charge in [-0.1, -0.05) is 13.0 Å². The lowest BCUT2D eigenvalue weighted by Gasteiger charge is -2.19. The topological polar surface area (TPSA) is 41.1 Å². The van der Waals surface area contributed by atoms with Crippen molar-refractivity contribution in [2.75, 3.05) is 18.9 Å². The second kappa shape index (κ2) is 6.71. The smallest absolute Gasteiger partial charge is 0.228 e. The van der Waals surface area contributed by atoms with E-state index in [4.69, 9.17) is 0 Å². The SMILES string of the molecule is CCC(CNC)C(=O)Nc1c(C)c(C)cc(C)c1C. The molecule has 1 amide bonds. The molecule has 3 heteroatoms. The summed E-state index contributed by atoms with van der Waals surface area (Å²) in [6, 6.07) is 2.17. The van der Waals surface area contributed by atoms with Gasteiger partial charge in [0.1, 0.15) is 0 Å². The van der Waals surface area contributed by atoms with Crippen LogP contribution in [0.4, 0.5) is 5.69 Å². The highest BCUT2D eigenvalue weighted by molar-refractivity contribution is 5.94. The monoisotopic (exact) mass is 262 g/mol. The van der Waals surface area contributed by atoms with Crippen LogP contribution in [0, 0.1) is 33.6 Å². The van der Waals surface area contributed by atoms with Crippen LogP contribution in [0.25, 0.3) is 0 Å². The quantitative estimate of drug-likeness (QED) is 0.856. The number of anilines is 1. The third kappa shape index (κ3) is 3.57. The zero-order valence-corrected chi connectivity index (χ0v) is 13.0.